The highest BCUT2D eigenvalue weighted by Crippen LogP contribution is 2.20. The highest BCUT2D eigenvalue weighted by molar-refractivity contribution is 9.10. The van der Waals surface area contributed by atoms with Crippen LogP contribution in [-0.2, 0) is 4.79 Å². The molecule has 1 amide bonds. The summed E-state index contributed by atoms with van der Waals surface area (Å²) in [6, 6.07) is 4.85. The summed E-state index contributed by atoms with van der Waals surface area (Å²) < 4.78 is 0.641. The lowest BCUT2D eigenvalue weighted by molar-refractivity contribution is -0.142. The predicted octanol–water partition coefficient (Wildman–Crippen LogP) is 2.51. The Balaban J connectivity index is 2.65. The molecule has 0 bridgehead atoms. The van der Waals surface area contributed by atoms with Crippen LogP contribution < -0.4 is 11.1 Å². The Morgan fingerprint density at radius 2 is 2.05 bits per heavy atom. The van der Waals surface area contributed by atoms with Crippen molar-refractivity contribution in [2.45, 2.75) is 20.3 Å². The molecular formula is C14H19BrN2O3. The number of carboxylic acid groups (broad SMARTS) is 1. The first kappa shape index (κ1) is 16.5. The third-order valence-electron chi connectivity index (χ3n) is 2.88. The molecule has 110 valence electrons. The van der Waals surface area contributed by atoms with Gasteiger partial charge < -0.3 is 16.2 Å². The van der Waals surface area contributed by atoms with Crippen LogP contribution in [0.4, 0.5) is 5.69 Å². The fourth-order valence-electron chi connectivity index (χ4n) is 1.83. The van der Waals surface area contributed by atoms with Crippen LogP contribution >= 0.6 is 15.9 Å². The van der Waals surface area contributed by atoms with Crippen LogP contribution in [0.2, 0.25) is 0 Å². The van der Waals surface area contributed by atoms with E-state index in [4.69, 9.17) is 10.8 Å². The number of carbonyl (C=O) groups excluding carboxylic acids is 1. The van der Waals surface area contributed by atoms with Crippen molar-refractivity contribution in [3.05, 3.63) is 28.2 Å². The molecule has 1 aromatic carbocycles. The summed E-state index contributed by atoms with van der Waals surface area (Å²) in [5.41, 5.74) is 6.64. The number of hydrogen-bond acceptors (Lipinski definition) is 3. The molecule has 0 radical (unpaired) electrons. The van der Waals surface area contributed by atoms with E-state index in [1.807, 2.05) is 13.8 Å². The second kappa shape index (κ2) is 7.28. The minimum Gasteiger partial charge on any atom is -0.481 e. The molecule has 0 aromatic heterocycles. The standard InChI is InChI=1S/C14H19BrN2O3/c1-8(2)5-10(14(19)20)7-17-13(18)9-3-4-12(16)11(15)6-9/h3-4,6,8,10H,5,7,16H2,1-2H3,(H,17,18)(H,19,20). The number of amides is 1. The Hall–Kier alpha value is -1.56. The Bertz CT molecular complexity index is 503. The molecule has 0 aliphatic carbocycles. The number of rotatable bonds is 6. The van der Waals surface area contributed by atoms with Crippen LogP contribution in [0.25, 0.3) is 0 Å². The molecule has 1 atom stereocenters. The smallest absolute Gasteiger partial charge is 0.308 e. The fraction of sp³-hybridized carbons (Fsp3) is 0.429. The van der Waals surface area contributed by atoms with Crippen LogP contribution in [0.3, 0.4) is 0 Å². The largest absolute Gasteiger partial charge is 0.481 e. The van der Waals surface area contributed by atoms with Gasteiger partial charge in [-0.2, -0.15) is 0 Å². The zero-order valence-corrected chi connectivity index (χ0v) is 13.1. The summed E-state index contributed by atoms with van der Waals surface area (Å²) in [6.07, 6.45) is 0.529. The van der Waals surface area contributed by atoms with Crippen molar-refractivity contribution < 1.29 is 14.7 Å². The number of halogens is 1. The molecule has 5 nitrogen and oxygen atoms in total. The summed E-state index contributed by atoms with van der Waals surface area (Å²) in [6.45, 7) is 4.03. The first-order valence-corrected chi connectivity index (χ1v) is 7.16. The van der Waals surface area contributed by atoms with E-state index in [0.29, 0.717) is 22.1 Å². The number of benzene rings is 1. The van der Waals surface area contributed by atoms with E-state index in [9.17, 15) is 9.59 Å². The molecule has 0 heterocycles. The molecule has 0 aliphatic rings. The molecule has 0 saturated heterocycles. The maximum absolute atomic E-state index is 12.0. The number of nitrogens with one attached hydrogen (secondary N) is 1. The van der Waals surface area contributed by atoms with Crippen molar-refractivity contribution in [3.63, 3.8) is 0 Å². The van der Waals surface area contributed by atoms with E-state index in [0.717, 1.165) is 0 Å². The lowest BCUT2D eigenvalue weighted by Gasteiger charge is -2.15. The number of nitrogens with two attached hydrogens (primary N) is 1. The van der Waals surface area contributed by atoms with Crippen LogP contribution in [-0.4, -0.2) is 23.5 Å². The fourth-order valence-corrected chi connectivity index (χ4v) is 2.21. The average Bonchev–Trinajstić information content (AvgIpc) is 2.36. The van der Waals surface area contributed by atoms with Crippen molar-refractivity contribution in [1.29, 1.82) is 0 Å². The molecule has 0 aliphatic heterocycles. The lowest BCUT2D eigenvalue weighted by Crippen LogP contribution is -2.33. The third-order valence-corrected chi connectivity index (χ3v) is 3.56. The topological polar surface area (TPSA) is 92.4 Å². The van der Waals surface area contributed by atoms with E-state index in [-0.39, 0.29) is 18.4 Å². The summed E-state index contributed by atoms with van der Waals surface area (Å²) in [5.74, 6) is -1.51. The quantitative estimate of drug-likeness (QED) is 0.692. The van der Waals surface area contributed by atoms with Gasteiger partial charge in [-0.15, -0.1) is 0 Å². The lowest BCUT2D eigenvalue weighted by atomic mass is 9.97. The molecule has 1 unspecified atom stereocenters. The summed E-state index contributed by atoms with van der Waals surface area (Å²) in [4.78, 5) is 23.1. The zero-order valence-electron chi connectivity index (χ0n) is 11.5. The summed E-state index contributed by atoms with van der Waals surface area (Å²) in [7, 11) is 0. The number of hydrogen-bond donors (Lipinski definition) is 3. The first-order chi connectivity index (χ1) is 9.31. The second-order valence-corrected chi connectivity index (χ2v) is 5.97. The Kier molecular flexibility index (Phi) is 6.01. The van der Waals surface area contributed by atoms with Crippen LogP contribution in [0.5, 0.6) is 0 Å². The highest BCUT2D eigenvalue weighted by Gasteiger charge is 2.20. The highest BCUT2D eigenvalue weighted by atomic mass is 79.9. The van der Waals surface area contributed by atoms with Crippen LogP contribution in [0, 0.1) is 11.8 Å². The van der Waals surface area contributed by atoms with Crippen LogP contribution in [0.1, 0.15) is 30.6 Å². The van der Waals surface area contributed by atoms with Crippen molar-refractivity contribution >= 4 is 33.5 Å². The molecule has 1 rings (SSSR count). The number of carboxylic acids is 1. The van der Waals surface area contributed by atoms with E-state index >= 15 is 0 Å². The number of aliphatic carboxylic acids is 1. The normalized spacial score (nSPS) is 12.2. The molecule has 6 heteroatoms. The Morgan fingerprint density at radius 3 is 2.55 bits per heavy atom. The maximum Gasteiger partial charge on any atom is 0.308 e. The number of anilines is 1. The third kappa shape index (κ3) is 4.85. The van der Waals surface area contributed by atoms with Crippen molar-refractivity contribution in [1.82, 2.24) is 5.32 Å². The molecule has 0 spiro atoms. The Labute approximate surface area is 126 Å². The van der Waals surface area contributed by atoms with Gasteiger partial charge in [-0.05, 0) is 46.5 Å². The van der Waals surface area contributed by atoms with E-state index < -0.39 is 11.9 Å². The van der Waals surface area contributed by atoms with Gasteiger partial charge in [-0.25, -0.2) is 0 Å². The van der Waals surface area contributed by atoms with E-state index in [1.54, 1.807) is 18.2 Å². The molecular weight excluding hydrogens is 324 g/mol. The molecule has 0 fully saturated rings. The van der Waals surface area contributed by atoms with Gasteiger partial charge >= 0.3 is 5.97 Å². The van der Waals surface area contributed by atoms with Gasteiger partial charge in [0.05, 0.1) is 5.92 Å². The van der Waals surface area contributed by atoms with Gasteiger partial charge in [0.1, 0.15) is 0 Å². The van der Waals surface area contributed by atoms with Crippen molar-refractivity contribution in [2.24, 2.45) is 11.8 Å². The van der Waals surface area contributed by atoms with Gasteiger partial charge in [0.25, 0.3) is 5.91 Å². The van der Waals surface area contributed by atoms with Gasteiger partial charge in [0.15, 0.2) is 0 Å². The van der Waals surface area contributed by atoms with E-state index in [1.165, 1.54) is 0 Å². The molecule has 4 N–H and O–H groups in total. The summed E-state index contributed by atoms with van der Waals surface area (Å²) >= 11 is 3.25. The SMILES string of the molecule is CC(C)CC(CNC(=O)c1ccc(N)c(Br)c1)C(=O)O. The van der Waals surface area contributed by atoms with Crippen LogP contribution in [0.15, 0.2) is 22.7 Å². The molecule has 20 heavy (non-hydrogen) atoms. The average molecular weight is 343 g/mol. The van der Waals surface area contributed by atoms with Gasteiger partial charge in [-0.3, -0.25) is 9.59 Å². The number of carbonyl (C=O) groups is 2. The zero-order chi connectivity index (χ0) is 15.3. The second-order valence-electron chi connectivity index (χ2n) is 5.11. The van der Waals surface area contributed by atoms with Gasteiger partial charge in [-0.1, -0.05) is 13.8 Å². The Morgan fingerprint density at radius 1 is 1.40 bits per heavy atom. The van der Waals surface area contributed by atoms with Gasteiger partial charge in [0.2, 0.25) is 0 Å². The van der Waals surface area contributed by atoms with Gasteiger partial charge in [0, 0.05) is 22.3 Å². The number of nitrogen functional groups attached to an aromatic ring is 1. The molecule has 0 saturated carbocycles. The van der Waals surface area contributed by atoms with Crippen molar-refractivity contribution in [3.8, 4) is 0 Å². The monoisotopic (exact) mass is 342 g/mol. The minimum atomic E-state index is -0.891. The predicted molar refractivity (Wildman–Crippen MR) is 81.5 cm³/mol. The van der Waals surface area contributed by atoms with Crippen molar-refractivity contribution in [2.75, 3.05) is 12.3 Å². The van der Waals surface area contributed by atoms with E-state index in [2.05, 4.69) is 21.2 Å². The first-order valence-electron chi connectivity index (χ1n) is 6.37. The molecule has 1 aromatic rings. The maximum atomic E-state index is 12.0. The minimum absolute atomic E-state index is 0.119. The summed E-state index contributed by atoms with van der Waals surface area (Å²) in [5, 5.41) is 11.8.